The van der Waals surface area contributed by atoms with Crippen LogP contribution in [0, 0.1) is 5.82 Å². The van der Waals surface area contributed by atoms with Crippen LogP contribution in [0.4, 0.5) is 4.39 Å². The zero-order valence-corrected chi connectivity index (χ0v) is 16.6. The van der Waals surface area contributed by atoms with Crippen LogP contribution in [-0.4, -0.2) is 64.8 Å². The van der Waals surface area contributed by atoms with Gasteiger partial charge in [-0.15, -0.1) is 0 Å². The van der Waals surface area contributed by atoms with Crippen molar-refractivity contribution in [3.8, 4) is 11.1 Å². The lowest BCUT2D eigenvalue weighted by Crippen LogP contribution is -2.55. The van der Waals surface area contributed by atoms with Gasteiger partial charge in [-0.3, -0.25) is 4.90 Å². The number of hydrogen-bond acceptors (Lipinski definition) is 5. The lowest BCUT2D eigenvalue weighted by atomic mass is 10.0. The summed E-state index contributed by atoms with van der Waals surface area (Å²) in [6.07, 6.45) is -0.123. The highest BCUT2D eigenvalue weighted by molar-refractivity contribution is 5.63. The van der Waals surface area contributed by atoms with E-state index in [9.17, 15) is 19.7 Å². The Labute approximate surface area is 171 Å². The minimum absolute atomic E-state index is 0.253. The monoisotopic (exact) mass is 403 g/mol. The van der Waals surface area contributed by atoms with E-state index in [2.05, 4.69) is 0 Å². The number of piperidine rings is 1. The maximum Gasteiger partial charge on any atom is 0.129 e. The zero-order chi connectivity index (χ0) is 20.6. The van der Waals surface area contributed by atoms with Crippen LogP contribution in [0.1, 0.15) is 24.8 Å². The van der Waals surface area contributed by atoms with Gasteiger partial charge in [-0.1, -0.05) is 42.5 Å². The van der Waals surface area contributed by atoms with Gasteiger partial charge in [-0.25, -0.2) is 4.39 Å². The van der Waals surface area contributed by atoms with Crippen LogP contribution in [0.15, 0.2) is 48.5 Å². The van der Waals surface area contributed by atoms with Crippen LogP contribution in [0.25, 0.3) is 11.1 Å². The first kappa shape index (κ1) is 21.9. The van der Waals surface area contributed by atoms with Crippen molar-refractivity contribution in [2.45, 2.75) is 44.2 Å². The molecule has 1 saturated heterocycles. The largest absolute Gasteiger partial charge is 0.389 e. The van der Waals surface area contributed by atoms with Gasteiger partial charge in [-0.05, 0) is 43.0 Å². The highest BCUT2D eigenvalue weighted by Crippen LogP contribution is 2.22. The molecule has 29 heavy (non-hydrogen) atoms. The number of unbranched alkanes of at least 4 members (excludes halogenated alkanes) is 2. The average molecular weight is 403 g/mol. The smallest absolute Gasteiger partial charge is 0.129 e. The average Bonchev–Trinajstić information content (AvgIpc) is 2.72. The molecule has 5 nitrogen and oxygen atoms in total. The molecule has 2 aromatic carbocycles. The molecule has 3 atom stereocenters. The maximum absolute atomic E-state index is 14.3. The predicted octanol–water partition coefficient (Wildman–Crippen LogP) is 2.58. The van der Waals surface area contributed by atoms with E-state index >= 15 is 0 Å². The third kappa shape index (κ3) is 6.32. The summed E-state index contributed by atoms with van der Waals surface area (Å²) in [4.78, 5) is 1.96. The first-order valence-electron chi connectivity index (χ1n) is 10.2. The van der Waals surface area contributed by atoms with Gasteiger partial charge in [0.15, 0.2) is 0 Å². The number of rotatable bonds is 9. The molecule has 0 radical (unpaired) electrons. The molecule has 0 amide bonds. The van der Waals surface area contributed by atoms with Crippen molar-refractivity contribution in [1.82, 2.24) is 4.90 Å². The molecule has 1 aliphatic rings. The second-order valence-electron chi connectivity index (χ2n) is 7.67. The summed E-state index contributed by atoms with van der Waals surface area (Å²) in [5.41, 5.74) is 2.40. The fourth-order valence-electron chi connectivity index (χ4n) is 3.63. The van der Waals surface area contributed by atoms with Crippen LogP contribution < -0.4 is 0 Å². The molecule has 1 heterocycles. The van der Waals surface area contributed by atoms with Gasteiger partial charge in [0.1, 0.15) is 11.9 Å². The summed E-state index contributed by atoms with van der Waals surface area (Å²) in [6, 6.07) is 15.0. The topological polar surface area (TPSA) is 73.2 Å². The molecule has 0 spiro atoms. The van der Waals surface area contributed by atoms with Crippen molar-refractivity contribution >= 4 is 0 Å². The maximum atomic E-state index is 14.3. The number of hydrogen-bond donors (Lipinski definition) is 3. The van der Waals surface area contributed by atoms with E-state index in [4.69, 9.17) is 4.74 Å². The third-order valence-corrected chi connectivity index (χ3v) is 5.36. The van der Waals surface area contributed by atoms with Gasteiger partial charge < -0.3 is 20.1 Å². The Morgan fingerprint density at radius 3 is 2.31 bits per heavy atom. The van der Waals surface area contributed by atoms with Crippen LogP contribution in [-0.2, 0) is 11.3 Å². The zero-order valence-electron chi connectivity index (χ0n) is 16.6. The quantitative estimate of drug-likeness (QED) is 0.562. The highest BCUT2D eigenvalue weighted by Gasteiger charge is 2.32. The second kappa shape index (κ2) is 10.8. The Morgan fingerprint density at radius 2 is 1.62 bits per heavy atom. The summed E-state index contributed by atoms with van der Waals surface area (Å²) in [5, 5.41) is 29.0. The van der Waals surface area contributed by atoms with Crippen molar-refractivity contribution in [3.63, 3.8) is 0 Å². The number of ether oxygens (including phenoxy) is 1. The van der Waals surface area contributed by atoms with Crippen LogP contribution in [0.5, 0.6) is 0 Å². The van der Waals surface area contributed by atoms with Gasteiger partial charge in [0, 0.05) is 25.3 Å². The first-order valence-corrected chi connectivity index (χ1v) is 10.2. The fraction of sp³-hybridized carbons (Fsp3) is 0.478. The summed E-state index contributed by atoms with van der Waals surface area (Å²) in [6.45, 7) is 2.34. The molecular formula is C23H30FNO4. The molecule has 0 saturated carbocycles. The van der Waals surface area contributed by atoms with E-state index in [0.717, 1.165) is 36.9 Å². The molecule has 158 valence electrons. The summed E-state index contributed by atoms with van der Waals surface area (Å²) >= 11 is 0. The van der Waals surface area contributed by atoms with E-state index in [0.29, 0.717) is 25.3 Å². The number of β-amino-alcohol motifs (C(OH)–C–C–N with tert-alkyl or cyclic N) is 2. The van der Waals surface area contributed by atoms with Crippen molar-refractivity contribution in [2.24, 2.45) is 0 Å². The van der Waals surface area contributed by atoms with Crippen LogP contribution in [0.3, 0.4) is 0 Å². The van der Waals surface area contributed by atoms with Crippen molar-refractivity contribution in [1.29, 1.82) is 0 Å². The summed E-state index contributed by atoms with van der Waals surface area (Å²) in [7, 11) is 0. The lowest BCUT2D eigenvalue weighted by molar-refractivity contribution is -0.109. The molecule has 2 aromatic rings. The Hall–Kier alpha value is -1.83. The predicted molar refractivity (Wildman–Crippen MR) is 110 cm³/mol. The van der Waals surface area contributed by atoms with E-state index in [-0.39, 0.29) is 12.4 Å². The molecule has 0 aromatic heterocycles. The summed E-state index contributed by atoms with van der Waals surface area (Å²) in [5.74, 6) is -0.254. The van der Waals surface area contributed by atoms with Crippen LogP contribution in [0.2, 0.25) is 0 Å². The standard InChI is InChI=1S/C23H30FNO4/c24-20-13-18(17-7-3-1-4-8-17)9-10-19(20)16-29-12-6-2-5-11-25-14-21(26)23(28)22(27)15-25/h1,3-4,7-10,13,21-23,26-28H,2,5-6,11-12,14-16H2/t21-,22+,23?. The lowest BCUT2D eigenvalue weighted by Gasteiger charge is -2.36. The minimum atomic E-state index is -1.05. The molecular weight excluding hydrogens is 373 g/mol. The van der Waals surface area contributed by atoms with Crippen LogP contribution >= 0.6 is 0 Å². The van der Waals surface area contributed by atoms with Crippen molar-refractivity contribution < 1.29 is 24.4 Å². The number of nitrogens with zero attached hydrogens (tertiary/aromatic N) is 1. The van der Waals surface area contributed by atoms with Crippen molar-refractivity contribution in [3.05, 3.63) is 59.9 Å². The number of benzene rings is 2. The third-order valence-electron chi connectivity index (χ3n) is 5.36. The summed E-state index contributed by atoms with van der Waals surface area (Å²) < 4.78 is 19.9. The van der Waals surface area contributed by atoms with Gasteiger partial charge in [0.2, 0.25) is 0 Å². The minimum Gasteiger partial charge on any atom is -0.389 e. The molecule has 0 aliphatic carbocycles. The normalized spacial score (nSPS) is 22.7. The fourth-order valence-corrected chi connectivity index (χ4v) is 3.63. The van der Waals surface area contributed by atoms with E-state index in [1.165, 1.54) is 0 Å². The van der Waals surface area contributed by atoms with E-state index in [1.54, 1.807) is 12.1 Å². The van der Waals surface area contributed by atoms with E-state index < -0.39 is 18.3 Å². The number of halogens is 1. The molecule has 1 unspecified atom stereocenters. The first-order chi connectivity index (χ1) is 14.0. The SMILES string of the molecule is OC1[C@H](O)CN(CCCCCOCc2ccc(-c3ccccc3)cc2F)C[C@@H]1O. The highest BCUT2D eigenvalue weighted by atomic mass is 19.1. The van der Waals surface area contributed by atoms with Crippen molar-refractivity contribution in [2.75, 3.05) is 26.2 Å². The molecule has 6 heteroatoms. The van der Waals surface area contributed by atoms with E-state index in [1.807, 2.05) is 41.3 Å². The molecule has 1 aliphatic heterocycles. The van der Waals surface area contributed by atoms with Gasteiger partial charge in [-0.2, -0.15) is 0 Å². The Bertz CT molecular complexity index is 746. The molecule has 0 bridgehead atoms. The molecule has 1 fully saturated rings. The Morgan fingerprint density at radius 1 is 0.897 bits per heavy atom. The number of likely N-dealkylation sites (tertiary alicyclic amines) is 1. The van der Waals surface area contributed by atoms with Gasteiger partial charge in [0.25, 0.3) is 0 Å². The van der Waals surface area contributed by atoms with Gasteiger partial charge in [0.05, 0.1) is 18.8 Å². The Balaban J connectivity index is 1.32. The van der Waals surface area contributed by atoms with Gasteiger partial charge >= 0.3 is 0 Å². The number of aliphatic hydroxyl groups is 3. The number of aliphatic hydroxyl groups excluding tert-OH is 3. The molecule has 3 rings (SSSR count). The second-order valence-corrected chi connectivity index (χ2v) is 7.67. The molecule has 3 N–H and O–H groups in total. The Kier molecular flexibility index (Phi) is 8.15.